The van der Waals surface area contributed by atoms with Gasteiger partial charge in [0, 0.05) is 18.7 Å². The number of para-hydroxylation sites is 1. The zero-order valence-corrected chi connectivity index (χ0v) is 18.5. The van der Waals surface area contributed by atoms with Crippen LogP contribution in [0.4, 0.5) is 0 Å². The van der Waals surface area contributed by atoms with Gasteiger partial charge < -0.3 is 18.8 Å². The molecule has 1 aromatic heterocycles. The number of carbonyl (C=O) groups is 1. The van der Waals surface area contributed by atoms with Crippen molar-refractivity contribution in [2.75, 3.05) is 26.9 Å². The standard InChI is InChI=1S/C23H28N2O4S/c1-4-6-14-29-18-10-7-9-17(16-18)22(26)24-23-25(13-15-28-5-2)21-19(27-3)11-8-12-20(21)30-23/h7-12,16H,4-6,13-15H2,1-3H3. The number of unbranched alkanes of at least 4 members (excludes halogenated alkanes) is 1. The van der Waals surface area contributed by atoms with Crippen molar-refractivity contribution in [1.82, 2.24) is 4.57 Å². The number of hydrogen-bond donors (Lipinski definition) is 0. The Morgan fingerprint density at radius 3 is 2.73 bits per heavy atom. The first-order valence-corrected chi connectivity index (χ1v) is 11.1. The highest BCUT2D eigenvalue weighted by atomic mass is 32.1. The molecule has 3 rings (SSSR count). The van der Waals surface area contributed by atoms with E-state index in [1.165, 1.54) is 11.3 Å². The maximum absolute atomic E-state index is 12.9. The van der Waals surface area contributed by atoms with Crippen LogP contribution in [0.5, 0.6) is 11.5 Å². The summed E-state index contributed by atoms with van der Waals surface area (Å²) in [5.41, 5.74) is 1.43. The van der Waals surface area contributed by atoms with Crippen LogP contribution in [0.15, 0.2) is 47.5 Å². The molecular weight excluding hydrogens is 400 g/mol. The van der Waals surface area contributed by atoms with Crippen LogP contribution in [-0.2, 0) is 11.3 Å². The Bertz CT molecular complexity index is 1050. The van der Waals surface area contributed by atoms with Gasteiger partial charge in [-0.3, -0.25) is 4.79 Å². The normalized spacial score (nSPS) is 11.8. The van der Waals surface area contributed by atoms with Crippen molar-refractivity contribution in [3.05, 3.63) is 52.8 Å². The van der Waals surface area contributed by atoms with Crippen LogP contribution < -0.4 is 14.3 Å². The topological polar surface area (TPSA) is 62.0 Å². The highest BCUT2D eigenvalue weighted by molar-refractivity contribution is 7.16. The molecule has 0 N–H and O–H groups in total. The molecule has 0 atom stereocenters. The summed E-state index contributed by atoms with van der Waals surface area (Å²) in [6.45, 7) is 6.46. The molecule has 0 aliphatic rings. The monoisotopic (exact) mass is 428 g/mol. The molecule has 1 amide bonds. The van der Waals surface area contributed by atoms with Crippen molar-refractivity contribution in [1.29, 1.82) is 0 Å². The lowest BCUT2D eigenvalue weighted by atomic mass is 10.2. The zero-order chi connectivity index (χ0) is 21.3. The minimum Gasteiger partial charge on any atom is -0.495 e. The van der Waals surface area contributed by atoms with Crippen LogP contribution in [0, 0.1) is 0 Å². The van der Waals surface area contributed by atoms with Gasteiger partial charge in [0.15, 0.2) is 4.80 Å². The van der Waals surface area contributed by atoms with Gasteiger partial charge in [-0.25, -0.2) is 0 Å². The Labute approximate surface area is 180 Å². The number of hydrogen-bond acceptors (Lipinski definition) is 5. The molecule has 0 unspecified atom stereocenters. The molecule has 7 heteroatoms. The van der Waals surface area contributed by atoms with Crippen molar-refractivity contribution in [3.8, 4) is 11.5 Å². The number of aromatic nitrogens is 1. The highest BCUT2D eigenvalue weighted by Crippen LogP contribution is 2.27. The van der Waals surface area contributed by atoms with Gasteiger partial charge in [0.2, 0.25) is 0 Å². The fourth-order valence-corrected chi connectivity index (χ4v) is 4.13. The number of nitrogens with zero attached hydrogens (tertiary/aromatic N) is 2. The number of rotatable bonds is 10. The summed E-state index contributed by atoms with van der Waals surface area (Å²) in [7, 11) is 1.64. The van der Waals surface area contributed by atoms with Gasteiger partial charge in [-0.2, -0.15) is 4.99 Å². The van der Waals surface area contributed by atoms with Gasteiger partial charge in [-0.05, 0) is 43.7 Å². The van der Waals surface area contributed by atoms with E-state index in [9.17, 15) is 4.79 Å². The lowest BCUT2D eigenvalue weighted by molar-refractivity contribution is 0.0996. The largest absolute Gasteiger partial charge is 0.495 e. The molecular formula is C23H28N2O4S. The molecule has 2 aromatic carbocycles. The van der Waals surface area contributed by atoms with Crippen LogP contribution in [0.25, 0.3) is 10.2 Å². The van der Waals surface area contributed by atoms with E-state index >= 15 is 0 Å². The summed E-state index contributed by atoms with van der Waals surface area (Å²) in [4.78, 5) is 18.0. The van der Waals surface area contributed by atoms with Crippen molar-refractivity contribution < 1.29 is 19.0 Å². The van der Waals surface area contributed by atoms with Gasteiger partial charge in [-0.15, -0.1) is 0 Å². The lowest BCUT2D eigenvalue weighted by Crippen LogP contribution is -2.20. The third-order valence-electron chi connectivity index (χ3n) is 4.59. The van der Waals surface area contributed by atoms with Crippen LogP contribution in [0.3, 0.4) is 0 Å². The van der Waals surface area contributed by atoms with Gasteiger partial charge in [0.25, 0.3) is 5.91 Å². The fraction of sp³-hybridized carbons (Fsp3) is 0.391. The van der Waals surface area contributed by atoms with Crippen molar-refractivity contribution in [2.24, 2.45) is 4.99 Å². The first kappa shape index (κ1) is 22.1. The average Bonchev–Trinajstić information content (AvgIpc) is 3.11. The Balaban J connectivity index is 1.97. The van der Waals surface area contributed by atoms with Crippen molar-refractivity contribution >= 4 is 27.5 Å². The molecule has 1 heterocycles. The quantitative estimate of drug-likeness (QED) is 0.440. The SMILES string of the molecule is CCCCOc1cccc(C(=O)N=c2sc3cccc(OC)c3n2CCOCC)c1. The van der Waals surface area contributed by atoms with E-state index < -0.39 is 0 Å². The molecule has 6 nitrogen and oxygen atoms in total. The van der Waals surface area contributed by atoms with Crippen LogP contribution in [0.2, 0.25) is 0 Å². The van der Waals surface area contributed by atoms with E-state index in [-0.39, 0.29) is 5.91 Å². The van der Waals surface area contributed by atoms with E-state index in [1.54, 1.807) is 19.2 Å². The predicted octanol–water partition coefficient (Wildman–Crippen LogP) is 4.67. The maximum atomic E-state index is 12.9. The molecule has 0 bridgehead atoms. The van der Waals surface area contributed by atoms with E-state index in [0.717, 1.165) is 28.8 Å². The first-order valence-electron chi connectivity index (χ1n) is 10.2. The molecule has 30 heavy (non-hydrogen) atoms. The van der Waals surface area contributed by atoms with Crippen molar-refractivity contribution in [3.63, 3.8) is 0 Å². The molecule has 0 aliphatic carbocycles. The Morgan fingerprint density at radius 2 is 1.97 bits per heavy atom. The number of amides is 1. The number of methoxy groups -OCH3 is 1. The minimum absolute atomic E-state index is 0.299. The second-order valence-corrected chi connectivity index (χ2v) is 7.70. The maximum Gasteiger partial charge on any atom is 0.279 e. The smallest absolute Gasteiger partial charge is 0.279 e. The summed E-state index contributed by atoms with van der Waals surface area (Å²) < 4.78 is 19.8. The van der Waals surface area contributed by atoms with Crippen LogP contribution in [0.1, 0.15) is 37.0 Å². The predicted molar refractivity (Wildman–Crippen MR) is 120 cm³/mol. The second kappa shape index (κ2) is 10.9. The van der Waals surface area contributed by atoms with E-state index in [4.69, 9.17) is 14.2 Å². The van der Waals surface area contributed by atoms with E-state index in [0.29, 0.717) is 42.5 Å². The molecule has 3 aromatic rings. The number of thiazole rings is 1. The molecule has 0 spiro atoms. The molecule has 0 saturated heterocycles. The summed E-state index contributed by atoms with van der Waals surface area (Å²) in [6, 6.07) is 13.0. The number of carbonyl (C=O) groups excluding carboxylic acids is 1. The summed E-state index contributed by atoms with van der Waals surface area (Å²) in [5.74, 6) is 1.14. The molecule has 0 radical (unpaired) electrons. The summed E-state index contributed by atoms with van der Waals surface area (Å²) >= 11 is 1.46. The van der Waals surface area contributed by atoms with Crippen molar-refractivity contribution in [2.45, 2.75) is 33.2 Å². The Morgan fingerprint density at radius 1 is 1.13 bits per heavy atom. The number of fused-ring (bicyclic) bond motifs is 1. The van der Waals surface area contributed by atoms with Gasteiger partial charge in [0.05, 0.1) is 25.0 Å². The average molecular weight is 429 g/mol. The third-order valence-corrected chi connectivity index (χ3v) is 5.64. The van der Waals surface area contributed by atoms with Gasteiger partial charge >= 0.3 is 0 Å². The minimum atomic E-state index is -0.299. The molecule has 0 saturated carbocycles. The molecule has 0 aliphatic heterocycles. The number of ether oxygens (including phenoxy) is 3. The first-order chi connectivity index (χ1) is 14.7. The Hall–Kier alpha value is -2.64. The number of benzene rings is 2. The van der Waals surface area contributed by atoms with E-state index in [1.807, 2.05) is 41.8 Å². The van der Waals surface area contributed by atoms with Gasteiger partial charge in [0.1, 0.15) is 17.0 Å². The Kier molecular flexibility index (Phi) is 8.04. The van der Waals surface area contributed by atoms with Gasteiger partial charge in [-0.1, -0.05) is 36.8 Å². The van der Waals surface area contributed by atoms with Crippen LogP contribution >= 0.6 is 11.3 Å². The van der Waals surface area contributed by atoms with E-state index in [2.05, 4.69) is 11.9 Å². The zero-order valence-electron chi connectivity index (χ0n) is 17.7. The summed E-state index contributed by atoms with van der Waals surface area (Å²) in [5, 5.41) is 0. The fourth-order valence-electron chi connectivity index (χ4n) is 3.06. The second-order valence-electron chi connectivity index (χ2n) is 6.69. The molecule has 0 fully saturated rings. The molecule has 160 valence electrons. The highest BCUT2D eigenvalue weighted by Gasteiger charge is 2.13. The summed E-state index contributed by atoms with van der Waals surface area (Å²) in [6.07, 6.45) is 2.04. The lowest BCUT2D eigenvalue weighted by Gasteiger charge is -2.08. The van der Waals surface area contributed by atoms with Crippen LogP contribution in [-0.4, -0.2) is 37.4 Å². The third kappa shape index (κ3) is 5.29.